The van der Waals surface area contributed by atoms with E-state index in [2.05, 4.69) is 47.4 Å². The molecule has 0 unspecified atom stereocenters. The number of pyridine rings is 1. The molecule has 0 saturated carbocycles. The smallest absolute Gasteiger partial charge is 0.252 e. The Balaban J connectivity index is 1.73. The molecule has 1 aliphatic heterocycles. The minimum Gasteiger partial charge on any atom is -0.371 e. The Kier molecular flexibility index (Phi) is 4.37. The van der Waals surface area contributed by atoms with Gasteiger partial charge in [-0.3, -0.25) is 9.48 Å². The second-order valence-corrected chi connectivity index (χ2v) is 7.01. The van der Waals surface area contributed by atoms with Crippen LogP contribution in [0.5, 0.6) is 0 Å². The van der Waals surface area contributed by atoms with E-state index in [0.717, 1.165) is 29.9 Å². The summed E-state index contributed by atoms with van der Waals surface area (Å²) in [6, 6.07) is 12.3. The van der Waals surface area contributed by atoms with Gasteiger partial charge in [-0.05, 0) is 25.3 Å². The molecule has 5 heteroatoms. The van der Waals surface area contributed by atoms with E-state index in [1.54, 1.807) is 17.7 Å². The highest BCUT2D eigenvalue weighted by atomic mass is 16.1. The highest BCUT2D eigenvalue weighted by molar-refractivity contribution is 5.77. The third-order valence-electron chi connectivity index (χ3n) is 5.24. The number of anilines is 1. The van der Waals surface area contributed by atoms with E-state index in [1.165, 1.54) is 18.4 Å². The summed E-state index contributed by atoms with van der Waals surface area (Å²) in [5.74, 6) is 0. The molecule has 1 aliphatic rings. The van der Waals surface area contributed by atoms with Crippen molar-refractivity contribution in [2.75, 3.05) is 18.0 Å². The Morgan fingerprint density at radius 1 is 1.08 bits per heavy atom. The van der Waals surface area contributed by atoms with Gasteiger partial charge in [0.2, 0.25) is 0 Å². The van der Waals surface area contributed by atoms with Crippen molar-refractivity contribution >= 4 is 5.69 Å². The Hall–Kier alpha value is -2.82. The Bertz CT molecular complexity index is 952. The van der Waals surface area contributed by atoms with E-state index >= 15 is 0 Å². The molecule has 5 nitrogen and oxygen atoms in total. The quantitative estimate of drug-likeness (QED) is 0.725. The van der Waals surface area contributed by atoms with Crippen LogP contribution in [0.3, 0.4) is 0 Å². The Morgan fingerprint density at radius 2 is 1.81 bits per heavy atom. The second-order valence-electron chi connectivity index (χ2n) is 7.01. The van der Waals surface area contributed by atoms with E-state index in [-0.39, 0.29) is 11.6 Å². The lowest BCUT2D eigenvalue weighted by atomic mass is 10.1. The van der Waals surface area contributed by atoms with Gasteiger partial charge in [0.05, 0.1) is 17.9 Å². The van der Waals surface area contributed by atoms with Gasteiger partial charge in [0.1, 0.15) is 0 Å². The Labute approximate surface area is 153 Å². The Morgan fingerprint density at radius 3 is 2.54 bits per heavy atom. The predicted molar refractivity (Wildman–Crippen MR) is 105 cm³/mol. The lowest BCUT2D eigenvalue weighted by Gasteiger charge is -2.21. The van der Waals surface area contributed by atoms with Gasteiger partial charge >= 0.3 is 0 Å². The first-order chi connectivity index (χ1) is 12.6. The molecule has 0 bridgehead atoms. The number of hydrogen-bond acceptors (Lipinski definition) is 3. The normalized spacial score (nSPS) is 15.4. The van der Waals surface area contributed by atoms with Gasteiger partial charge in [-0.2, -0.15) is 5.10 Å². The summed E-state index contributed by atoms with van der Waals surface area (Å²) in [5, 5.41) is 4.60. The van der Waals surface area contributed by atoms with Gasteiger partial charge < -0.3 is 9.47 Å². The lowest BCUT2D eigenvalue weighted by molar-refractivity contribution is 0.565. The topological polar surface area (TPSA) is 43.1 Å². The number of benzene rings is 1. The average Bonchev–Trinajstić information content (AvgIpc) is 3.35. The summed E-state index contributed by atoms with van der Waals surface area (Å²) >= 11 is 0. The van der Waals surface area contributed by atoms with Crippen molar-refractivity contribution in [2.45, 2.75) is 25.8 Å². The van der Waals surface area contributed by atoms with Crippen LogP contribution in [0.2, 0.25) is 0 Å². The van der Waals surface area contributed by atoms with Gasteiger partial charge in [0.15, 0.2) is 0 Å². The molecule has 0 amide bonds. The monoisotopic (exact) mass is 348 g/mol. The minimum absolute atomic E-state index is 0.0284. The zero-order valence-corrected chi connectivity index (χ0v) is 15.3. The number of nitrogens with zero attached hydrogens (tertiary/aromatic N) is 4. The van der Waals surface area contributed by atoms with Crippen LogP contribution in [0.4, 0.5) is 5.69 Å². The molecular formula is C21H24N4O. The maximum Gasteiger partial charge on any atom is 0.252 e. The second kappa shape index (κ2) is 6.83. The molecule has 1 atom stereocenters. The molecule has 4 rings (SSSR count). The van der Waals surface area contributed by atoms with Crippen molar-refractivity contribution in [1.29, 1.82) is 0 Å². The highest BCUT2D eigenvalue weighted by Gasteiger charge is 2.19. The van der Waals surface area contributed by atoms with Crippen molar-refractivity contribution in [1.82, 2.24) is 14.3 Å². The molecule has 1 aromatic carbocycles. The van der Waals surface area contributed by atoms with E-state index < -0.39 is 0 Å². The molecular weight excluding hydrogens is 324 g/mol. The number of hydrogen-bond donors (Lipinski definition) is 0. The minimum atomic E-state index is 0.0284. The third kappa shape index (κ3) is 3.05. The van der Waals surface area contributed by atoms with Crippen molar-refractivity contribution in [2.24, 2.45) is 7.05 Å². The summed E-state index contributed by atoms with van der Waals surface area (Å²) in [6.07, 6.45) is 8.28. The van der Waals surface area contributed by atoms with E-state index in [4.69, 9.17) is 0 Å². The van der Waals surface area contributed by atoms with E-state index in [9.17, 15) is 4.79 Å². The number of aryl methyl sites for hydroxylation is 1. The zero-order chi connectivity index (χ0) is 18.1. The summed E-state index contributed by atoms with van der Waals surface area (Å²) in [4.78, 5) is 14.5. The van der Waals surface area contributed by atoms with Gasteiger partial charge in [-0.1, -0.05) is 30.3 Å². The van der Waals surface area contributed by atoms with Crippen LogP contribution in [0.25, 0.3) is 11.1 Å². The summed E-state index contributed by atoms with van der Waals surface area (Å²) in [7, 11) is 1.80. The molecule has 0 spiro atoms. The molecule has 3 heterocycles. The molecule has 26 heavy (non-hydrogen) atoms. The molecule has 3 aromatic rings. The first-order valence-electron chi connectivity index (χ1n) is 9.18. The van der Waals surface area contributed by atoms with Crippen LogP contribution in [0.15, 0.2) is 59.8 Å². The average molecular weight is 348 g/mol. The molecule has 134 valence electrons. The van der Waals surface area contributed by atoms with Gasteiger partial charge in [0, 0.05) is 49.7 Å². The maximum atomic E-state index is 12.2. The van der Waals surface area contributed by atoms with E-state index in [0.29, 0.717) is 0 Å². The fourth-order valence-electron chi connectivity index (χ4n) is 3.64. The number of rotatable bonds is 4. The predicted octanol–water partition coefficient (Wildman–Crippen LogP) is 3.46. The SMILES string of the molecule is C[C@H](c1ccccc1)n1cc(-c2cn(C)c(=O)cc2N2CCCC2)cn1. The molecule has 1 saturated heterocycles. The van der Waals surface area contributed by atoms with Crippen molar-refractivity contribution in [3.8, 4) is 11.1 Å². The fraction of sp³-hybridized carbons (Fsp3) is 0.333. The first-order valence-corrected chi connectivity index (χ1v) is 9.18. The lowest BCUT2D eigenvalue weighted by Crippen LogP contribution is -2.23. The first kappa shape index (κ1) is 16.6. The molecule has 0 radical (unpaired) electrons. The van der Waals surface area contributed by atoms with E-state index in [1.807, 2.05) is 23.1 Å². The van der Waals surface area contributed by atoms with Gasteiger partial charge in [0.25, 0.3) is 5.56 Å². The molecule has 0 N–H and O–H groups in total. The summed E-state index contributed by atoms with van der Waals surface area (Å²) < 4.78 is 3.64. The maximum absolute atomic E-state index is 12.2. The highest BCUT2D eigenvalue weighted by Crippen LogP contribution is 2.32. The van der Waals surface area contributed by atoms with Crippen molar-refractivity contribution in [3.63, 3.8) is 0 Å². The van der Waals surface area contributed by atoms with Crippen LogP contribution in [0, 0.1) is 0 Å². The van der Waals surface area contributed by atoms with Gasteiger partial charge in [-0.25, -0.2) is 0 Å². The summed E-state index contributed by atoms with van der Waals surface area (Å²) in [6.45, 7) is 4.16. The third-order valence-corrected chi connectivity index (χ3v) is 5.24. The standard InChI is InChI=1S/C21H24N4O/c1-16(17-8-4-3-5-9-17)25-14-18(13-22-25)19-15-23(2)21(26)12-20(19)24-10-6-7-11-24/h3-5,8-9,12-16H,6-7,10-11H2,1-2H3/t16-/m1/s1. The number of aromatic nitrogens is 3. The molecule has 1 fully saturated rings. The summed E-state index contributed by atoms with van der Waals surface area (Å²) in [5.41, 5.74) is 4.39. The van der Waals surface area contributed by atoms with Crippen LogP contribution in [-0.4, -0.2) is 27.4 Å². The van der Waals surface area contributed by atoms with Crippen LogP contribution in [-0.2, 0) is 7.05 Å². The van der Waals surface area contributed by atoms with Gasteiger partial charge in [-0.15, -0.1) is 0 Å². The zero-order valence-electron chi connectivity index (χ0n) is 15.3. The molecule has 0 aliphatic carbocycles. The largest absolute Gasteiger partial charge is 0.371 e. The molecule has 2 aromatic heterocycles. The van der Waals surface area contributed by atoms with Crippen LogP contribution >= 0.6 is 0 Å². The fourth-order valence-corrected chi connectivity index (χ4v) is 3.64. The van der Waals surface area contributed by atoms with Crippen LogP contribution in [0.1, 0.15) is 31.4 Å². The van der Waals surface area contributed by atoms with Crippen LogP contribution < -0.4 is 10.5 Å². The van der Waals surface area contributed by atoms with Crippen molar-refractivity contribution in [3.05, 3.63) is 70.9 Å². The van der Waals surface area contributed by atoms with Crippen molar-refractivity contribution < 1.29 is 0 Å².